The molecule has 2 rings (SSSR count). The van der Waals surface area contributed by atoms with Gasteiger partial charge in [-0.3, -0.25) is 10.1 Å². The molecule has 1 amide bonds. The van der Waals surface area contributed by atoms with E-state index in [1.54, 1.807) is 12.1 Å². The Morgan fingerprint density at radius 3 is 2.54 bits per heavy atom. The number of para-hydroxylation sites is 1. The average molecular weight is 403 g/mol. The lowest BCUT2D eigenvalue weighted by Gasteiger charge is -2.13. The number of ether oxygens (including phenoxy) is 1. The average Bonchev–Trinajstić information content (AvgIpc) is 2.55. The van der Waals surface area contributed by atoms with Gasteiger partial charge in [-0.15, -0.1) is 0 Å². The molecule has 0 aliphatic rings. The van der Waals surface area contributed by atoms with Gasteiger partial charge >= 0.3 is 6.18 Å². The van der Waals surface area contributed by atoms with Crippen LogP contribution in [-0.4, -0.2) is 17.6 Å². The van der Waals surface area contributed by atoms with Gasteiger partial charge in [-0.1, -0.05) is 29.8 Å². The van der Waals surface area contributed by atoms with Crippen molar-refractivity contribution in [2.24, 2.45) is 0 Å². The van der Waals surface area contributed by atoms with Crippen molar-refractivity contribution >= 4 is 40.5 Å². The Kier molecular flexibility index (Phi) is 6.44. The lowest BCUT2D eigenvalue weighted by Crippen LogP contribution is -2.37. The van der Waals surface area contributed by atoms with Crippen molar-refractivity contribution in [3.63, 3.8) is 0 Å². The van der Waals surface area contributed by atoms with Crippen molar-refractivity contribution in [1.82, 2.24) is 5.32 Å². The molecule has 0 spiro atoms. The maximum Gasteiger partial charge on any atom is 0.416 e. The van der Waals surface area contributed by atoms with Gasteiger partial charge in [0.15, 0.2) is 11.7 Å². The first-order chi connectivity index (χ1) is 12.2. The summed E-state index contributed by atoms with van der Waals surface area (Å²) in [5.74, 6) is 0.0427. The molecule has 0 radical (unpaired) electrons. The van der Waals surface area contributed by atoms with Gasteiger partial charge in [-0.05, 0) is 49.0 Å². The van der Waals surface area contributed by atoms with Crippen LogP contribution in [0.1, 0.15) is 11.1 Å². The Morgan fingerprint density at radius 2 is 1.92 bits per heavy atom. The maximum absolute atomic E-state index is 12.6. The number of anilines is 1. The Labute approximate surface area is 158 Å². The van der Waals surface area contributed by atoms with Gasteiger partial charge in [-0.25, -0.2) is 0 Å². The summed E-state index contributed by atoms with van der Waals surface area (Å²) in [4.78, 5) is 11.9. The minimum atomic E-state index is -4.50. The number of halogens is 4. The molecular weight excluding hydrogens is 389 g/mol. The van der Waals surface area contributed by atoms with E-state index < -0.39 is 17.6 Å². The highest BCUT2D eigenvalue weighted by molar-refractivity contribution is 7.80. The highest BCUT2D eigenvalue weighted by Gasteiger charge is 2.30. The number of hydrogen-bond acceptors (Lipinski definition) is 3. The van der Waals surface area contributed by atoms with Crippen LogP contribution in [0.4, 0.5) is 18.9 Å². The molecule has 0 saturated heterocycles. The van der Waals surface area contributed by atoms with Crippen LogP contribution < -0.4 is 15.4 Å². The molecule has 0 atom stereocenters. The SMILES string of the molecule is Cc1ccccc1OCC(=O)NC(=S)Nc1ccc(C(F)(F)F)cc1Cl. The molecule has 2 N–H and O–H groups in total. The number of carbonyl (C=O) groups is 1. The monoisotopic (exact) mass is 402 g/mol. The number of alkyl halides is 3. The summed E-state index contributed by atoms with van der Waals surface area (Å²) in [5, 5.41) is 4.66. The standard InChI is InChI=1S/C17H14ClF3N2O2S/c1-10-4-2-3-5-14(10)25-9-15(24)23-16(26)22-13-7-6-11(8-12(13)18)17(19,20)21/h2-8H,9H2,1H3,(H2,22,23,24,26). The van der Waals surface area contributed by atoms with E-state index in [1.807, 2.05) is 19.1 Å². The third-order valence-corrected chi connectivity index (χ3v) is 3.77. The molecule has 0 aliphatic carbocycles. The maximum atomic E-state index is 12.6. The lowest BCUT2D eigenvalue weighted by atomic mass is 10.2. The van der Waals surface area contributed by atoms with Crippen molar-refractivity contribution in [3.05, 3.63) is 58.6 Å². The number of amides is 1. The minimum Gasteiger partial charge on any atom is -0.483 e. The third-order valence-electron chi connectivity index (χ3n) is 3.25. The lowest BCUT2D eigenvalue weighted by molar-refractivity contribution is -0.137. The summed E-state index contributed by atoms with van der Waals surface area (Å²) in [6.45, 7) is 1.57. The van der Waals surface area contributed by atoms with Crippen molar-refractivity contribution in [2.45, 2.75) is 13.1 Å². The number of thiocarbonyl (C=S) groups is 1. The van der Waals surface area contributed by atoms with Crippen molar-refractivity contribution in [2.75, 3.05) is 11.9 Å². The molecule has 9 heteroatoms. The molecule has 2 aromatic rings. The Hall–Kier alpha value is -2.32. The zero-order valence-electron chi connectivity index (χ0n) is 13.5. The van der Waals surface area contributed by atoms with Crippen LogP contribution >= 0.6 is 23.8 Å². The molecular formula is C17H14ClF3N2O2S. The van der Waals surface area contributed by atoms with Crippen LogP contribution in [0.2, 0.25) is 5.02 Å². The van der Waals surface area contributed by atoms with Gasteiger partial charge in [0.05, 0.1) is 16.3 Å². The summed E-state index contributed by atoms with van der Waals surface area (Å²) in [5.41, 5.74) is 0.136. The Morgan fingerprint density at radius 1 is 1.23 bits per heavy atom. The van der Waals surface area contributed by atoms with E-state index in [2.05, 4.69) is 10.6 Å². The number of nitrogens with one attached hydrogen (secondary N) is 2. The molecule has 0 fully saturated rings. The van der Waals surface area contributed by atoms with E-state index in [9.17, 15) is 18.0 Å². The van der Waals surface area contributed by atoms with E-state index in [1.165, 1.54) is 0 Å². The molecule has 4 nitrogen and oxygen atoms in total. The van der Waals surface area contributed by atoms with Gasteiger partial charge in [0, 0.05) is 0 Å². The predicted molar refractivity (Wildman–Crippen MR) is 97.5 cm³/mol. The first-order valence-corrected chi connectivity index (χ1v) is 8.11. The topological polar surface area (TPSA) is 50.4 Å². The van der Waals surface area contributed by atoms with Crippen molar-refractivity contribution in [1.29, 1.82) is 0 Å². The van der Waals surface area contributed by atoms with Crippen LogP contribution in [0.3, 0.4) is 0 Å². The molecule has 0 heterocycles. The fourth-order valence-corrected chi connectivity index (χ4v) is 2.42. The van der Waals surface area contributed by atoms with E-state index in [0.29, 0.717) is 5.75 Å². The van der Waals surface area contributed by atoms with E-state index >= 15 is 0 Å². The molecule has 0 aromatic heterocycles. The van der Waals surface area contributed by atoms with Crippen LogP contribution in [0, 0.1) is 6.92 Å². The van der Waals surface area contributed by atoms with E-state index in [4.69, 9.17) is 28.6 Å². The summed E-state index contributed by atoms with van der Waals surface area (Å²) < 4.78 is 43.2. The van der Waals surface area contributed by atoms with Crippen LogP contribution in [0.15, 0.2) is 42.5 Å². The second-order valence-electron chi connectivity index (χ2n) is 5.25. The number of benzene rings is 2. The molecule has 0 saturated carbocycles. The highest BCUT2D eigenvalue weighted by Crippen LogP contribution is 2.33. The molecule has 2 aromatic carbocycles. The Bertz CT molecular complexity index is 828. The van der Waals surface area contributed by atoms with E-state index in [0.717, 1.165) is 23.8 Å². The van der Waals surface area contributed by atoms with Gasteiger partial charge < -0.3 is 10.1 Å². The van der Waals surface area contributed by atoms with Gasteiger partial charge in [0.1, 0.15) is 5.75 Å². The second-order valence-corrected chi connectivity index (χ2v) is 6.06. The normalized spacial score (nSPS) is 11.0. The number of carbonyl (C=O) groups excluding carboxylic acids is 1. The highest BCUT2D eigenvalue weighted by atomic mass is 35.5. The minimum absolute atomic E-state index is 0.106. The zero-order chi connectivity index (χ0) is 19.3. The summed E-state index contributed by atoms with van der Waals surface area (Å²) in [6.07, 6.45) is -4.50. The fourth-order valence-electron chi connectivity index (χ4n) is 1.97. The van der Waals surface area contributed by atoms with Crippen LogP contribution in [-0.2, 0) is 11.0 Å². The van der Waals surface area contributed by atoms with Crippen LogP contribution in [0.5, 0.6) is 5.75 Å². The number of rotatable bonds is 4. The van der Waals surface area contributed by atoms with Crippen molar-refractivity contribution < 1.29 is 22.7 Å². The number of aryl methyl sites for hydroxylation is 1. The van der Waals surface area contributed by atoms with Gasteiger partial charge in [0.25, 0.3) is 5.91 Å². The van der Waals surface area contributed by atoms with Crippen molar-refractivity contribution in [3.8, 4) is 5.75 Å². The van der Waals surface area contributed by atoms with Gasteiger partial charge in [-0.2, -0.15) is 13.2 Å². The largest absolute Gasteiger partial charge is 0.483 e. The quantitative estimate of drug-likeness (QED) is 0.736. The first kappa shape index (κ1) is 20.0. The summed E-state index contributed by atoms with van der Waals surface area (Å²) in [7, 11) is 0. The summed E-state index contributed by atoms with van der Waals surface area (Å²) >= 11 is 10.8. The van der Waals surface area contributed by atoms with E-state index in [-0.39, 0.29) is 22.4 Å². The zero-order valence-corrected chi connectivity index (χ0v) is 15.1. The number of hydrogen-bond donors (Lipinski definition) is 2. The molecule has 0 aliphatic heterocycles. The first-order valence-electron chi connectivity index (χ1n) is 7.33. The van der Waals surface area contributed by atoms with Crippen LogP contribution in [0.25, 0.3) is 0 Å². The van der Waals surface area contributed by atoms with Gasteiger partial charge in [0.2, 0.25) is 0 Å². The molecule has 0 bridgehead atoms. The Balaban J connectivity index is 1.90. The fraction of sp³-hybridized carbons (Fsp3) is 0.176. The summed E-state index contributed by atoms with van der Waals surface area (Å²) in [6, 6.07) is 9.95. The molecule has 26 heavy (non-hydrogen) atoms. The smallest absolute Gasteiger partial charge is 0.416 e. The molecule has 138 valence electrons. The third kappa shape index (κ3) is 5.60. The second kappa shape index (κ2) is 8.37. The predicted octanol–water partition coefficient (Wildman–Crippen LogP) is 4.56. The molecule has 0 unspecified atom stereocenters.